The Morgan fingerprint density at radius 1 is 1.36 bits per heavy atom. The van der Waals surface area contributed by atoms with E-state index in [1.165, 1.54) is 4.57 Å². The number of hydrogen-bond donors (Lipinski definition) is 1. The topological polar surface area (TPSA) is 73.2 Å². The number of ether oxygens (including phenoxy) is 1. The molecule has 0 aliphatic carbocycles. The molecule has 1 amide bonds. The van der Waals surface area contributed by atoms with Gasteiger partial charge in [-0.05, 0) is 32.4 Å². The summed E-state index contributed by atoms with van der Waals surface area (Å²) in [5.74, 6) is 0.189. The van der Waals surface area contributed by atoms with Crippen molar-refractivity contribution in [3.63, 3.8) is 0 Å². The molecule has 1 heterocycles. The molecule has 0 aliphatic rings. The van der Waals surface area contributed by atoms with E-state index in [-0.39, 0.29) is 18.0 Å². The average Bonchev–Trinajstić information content (AvgIpc) is 2.59. The smallest absolute Gasteiger partial charge is 0.257 e. The molecule has 1 N–H and O–H groups in total. The van der Waals surface area contributed by atoms with E-state index in [9.17, 15) is 9.59 Å². The summed E-state index contributed by atoms with van der Waals surface area (Å²) in [5.41, 5.74) is 1.63. The Bertz CT molecular complexity index is 818. The zero-order valence-electron chi connectivity index (χ0n) is 14.6. The van der Waals surface area contributed by atoms with Crippen LogP contribution in [0.4, 0.5) is 0 Å². The highest BCUT2D eigenvalue weighted by Gasteiger charge is 2.15. The second-order valence-corrected chi connectivity index (χ2v) is 6.18. The summed E-state index contributed by atoms with van der Waals surface area (Å²) in [6, 6.07) is 7.08. The Labute approximate surface area is 151 Å². The lowest BCUT2D eigenvalue weighted by Crippen LogP contribution is -2.35. The predicted octanol–water partition coefficient (Wildman–Crippen LogP) is 2.33. The van der Waals surface area contributed by atoms with Gasteiger partial charge in [-0.15, -0.1) is 0 Å². The molecule has 0 aliphatic heterocycles. The van der Waals surface area contributed by atoms with Gasteiger partial charge in [0, 0.05) is 42.1 Å². The lowest BCUT2D eigenvalue weighted by atomic mass is 10.1. The fraction of sp³-hybridized carbons (Fsp3) is 0.389. The third-order valence-corrected chi connectivity index (χ3v) is 4.10. The molecule has 1 aromatic heterocycles. The summed E-state index contributed by atoms with van der Waals surface area (Å²) in [6.07, 6.45) is 0.712. The van der Waals surface area contributed by atoms with Crippen molar-refractivity contribution in [2.45, 2.75) is 26.8 Å². The molecule has 2 aromatic rings. The first kappa shape index (κ1) is 19.1. The number of hydrogen-bond acceptors (Lipinski definition) is 4. The van der Waals surface area contributed by atoms with Gasteiger partial charge in [0.05, 0.1) is 0 Å². The van der Waals surface area contributed by atoms with Crippen LogP contribution in [-0.2, 0) is 16.1 Å². The predicted molar refractivity (Wildman–Crippen MR) is 97.9 cm³/mol. The summed E-state index contributed by atoms with van der Waals surface area (Å²) in [4.78, 5) is 29.4. The molecule has 0 spiro atoms. The summed E-state index contributed by atoms with van der Waals surface area (Å²) in [5, 5.41) is 3.33. The van der Waals surface area contributed by atoms with Crippen LogP contribution in [0.3, 0.4) is 0 Å². The van der Waals surface area contributed by atoms with Gasteiger partial charge in [0.2, 0.25) is 5.91 Å². The average molecular weight is 364 g/mol. The van der Waals surface area contributed by atoms with Crippen molar-refractivity contribution < 1.29 is 9.53 Å². The van der Waals surface area contributed by atoms with Crippen molar-refractivity contribution in [3.05, 3.63) is 50.9 Å². The van der Waals surface area contributed by atoms with Crippen molar-refractivity contribution in [2.75, 3.05) is 20.3 Å². The van der Waals surface area contributed by atoms with Crippen molar-refractivity contribution >= 4 is 17.5 Å². The molecular formula is C18H22ClN3O3. The quantitative estimate of drug-likeness (QED) is 0.766. The molecule has 0 saturated carbocycles. The number of aryl methyl sites for hydroxylation is 1. The minimum atomic E-state index is -0.244. The van der Waals surface area contributed by atoms with Crippen molar-refractivity contribution in [2.24, 2.45) is 0 Å². The van der Waals surface area contributed by atoms with Crippen LogP contribution in [0.15, 0.2) is 29.1 Å². The van der Waals surface area contributed by atoms with Gasteiger partial charge in [-0.3, -0.25) is 14.2 Å². The van der Waals surface area contributed by atoms with E-state index in [0.29, 0.717) is 47.2 Å². The highest BCUT2D eigenvalue weighted by molar-refractivity contribution is 6.30. The lowest BCUT2D eigenvalue weighted by Gasteiger charge is -2.15. The van der Waals surface area contributed by atoms with E-state index in [1.807, 2.05) is 6.07 Å². The number of methoxy groups -OCH3 is 1. The Morgan fingerprint density at radius 2 is 2.12 bits per heavy atom. The fourth-order valence-corrected chi connectivity index (χ4v) is 2.59. The van der Waals surface area contributed by atoms with Crippen LogP contribution in [0.5, 0.6) is 0 Å². The van der Waals surface area contributed by atoms with Crippen LogP contribution >= 0.6 is 11.6 Å². The molecular weight excluding hydrogens is 342 g/mol. The molecule has 0 atom stereocenters. The number of carbonyl (C=O) groups excluding carboxylic acids is 1. The number of aromatic nitrogens is 2. The van der Waals surface area contributed by atoms with Crippen molar-refractivity contribution in [1.29, 1.82) is 0 Å². The van der Waals surface area contributed by atoms with Gasteiger partial charge in [0.15, 0.2) is 0 Å². The van der Waals surface area contributed by atoms with E-state index >= 15 is 0 Å². The number of carbonyl (C=O) groups is 1. The maximum Gasteiger partial charge on any atom is 0.257 e. The van der Waals surface area contributed by atoms with Crippen LogP contribution in [0.25, 0.3) is 11.4 Å². The summed E-state index contributed by atoms with van der Waals surface area (Å²) in [6.45, 7) is 4.45. The minimum absolute atomic E-state index is 0.0955. The third kappa shape index (κ3) is 4.90. The molecule has 7 heteroatoms. The van der Waals surface area contributed by atoms with E-state index in [2.05, 4.69) is 10.3 Å². The first-order valence-corrected chi connectivity index (χ1v) is 8.41. The van der Waals surface area contributed by atoms with Gasteiger partial charge < -0.3 is 10.1 Å². The number of nitrogens with one attached hydrogen (secondary N) is 1. The summed E-state index contributed by atoms with van der Waals surface area (Å²) < 4.78 is 6.34. The van der Waals surface area contributed by atoms with Gasteiger partial charge in [-0.25, -0.2) is 4.98 Å². The minimum Gasteiger partial charge on any atom is -0.385 e. The maximum absolute atomic E-state index is 12.7. The lowest BCUT2D eigenvalue weighted by molar-refractivity contribution is -0.121. The Morgan fingerprint density at radius 3 is 2.80 bits per heavy atom. The van der Waals surface area contributed by atoms with Crippen LogP contribution in [0, 0.1) is 13.8 Å². The molecule has 0 bridgehead atoms. The highest BCUT2D eigenvalue weighted by atomic mass is 35.5. The zero-order valence-corrected chi connectivity index (χ0v) is 15.4. The van der Waals surface area contributed by atoms with E-state index in [0.717, 1.165) is 0 Å². The van der Waals surface area contributed by atoms with Crippen LogP contribution in [0.1, 0.15) is 17.7 Å². The second-order valence-electron chi connectivity index (χ2n) is 5.74. The maximum atomic E-state index is 12.7. The molecule has 0 fully saturated rings. The molecule has 0 unspecified atom stereocenters. The number of nitrogens with zero attached hydrogens (tertiary/aromatic N) is 2. The van der Waals surface area contributed by atoms with Crippen molar-refractivity contribution in [3.8, 4) is 11.4 Å². The molecule has 0 radical (unpaired) electrons. The van der Waals surface area contributed by atoms with Gasteiger partial charge in [0.25, 0.3) is 5.56 Å². The number of halogens is 1. The fourth-order valence-electron chi connectivity index (χ4n) is 2.39. The van der Waals surface area contributed by atoms with E-state index < -0.39 is 0 Å². The van der Waals surface area contributed by atoms with Crippen LogP contribution in [-0.4, -0.2) is 35.7 Å². The number of rotatable bonds is 7. The Hall–Kier alpha value is -2.18. The normalized spacial score (nSPS) is 10.7. The summed E-state index contributed by atoms with van der Waals surface area (Å²) in [7, 11) is 1.61. The van der Waals surface area contributed by atoms with Crippen molar-refractivity contribution in [1.82, 2.24) is 14.9 Å². The van der Waals surface area contributed by atoms with Gasteiger partial charge in [-0.1, -0.05) is 23.7 Å². The SMILES string of the molecule is COCCCNC(=O)Cn1c(-c2cccc(Cl)c2)nc(C)c(C)c1=O. The molecule has 25 heavy (non-hydrogen) atoms. The monoisotopic (exact) mass is 363 g/mol. The molecule has 0 saturated heterocycles. The first-order chi connectivity index (χ1) is 11.9. The van der Waals surface area contributed by atoms with Gasteiger partial charge in [0.1, 0.15) is 12.4 Å². The third-order valence-electron chi connectivity index (χ3n) is 3.87. The molecule has 134 valence electrons. The van der Waals surface area contributed by atoms with Gasteiger partial charge in [-0.2, -0.15) is 0 Å². The molecule has 1 aromatic carbocycles. The standard InChI is InChI=1S/C18H22ClN3O3/c1-12-13(2)21-17(14-6-4-7-15(19)10-14)22(18(12)24)11-16(23)20-8-5-9-25-3/h4,6-7,10H,5,8-9,11H2,1-3H3,(H,20,23). The number of amides is 1. The van der Waals surface area contributed by atoms with Crippen LogP contribution < -0.4 is 10.9 Å². The highest BCUT2D eigenvalue weighted by Crippen LogP contribution is 2.21. The van der Waals surface area contributed by atoms with E-state index in [4.69, 9.17) is 16.3 Å². The molecule has 2 rings (SSSR count). The van der Waals surface area contributed by atoms with Crippen LogP contribution in [0.2, 0.25) is 5.02 Å². The molecule has 6 nitrogen and oxygen atoms in total. The van der Waals surface area contributed by atoms with E-state index in [1.54, 1.807) is 39.2 Å². The Kier molecular flexibility index (Phi) is 6.73. The Balaban J connectivity index is 2.34. The first-order valence-electron chi connectivity index (χ1n) is 8.03. The van der Waals surface area contributed by atoms with Gasteiger partial charge >= 0.3 is 0 Å². The zero-order chi connectivity index (χ0) is 18.4. The largest absolute Gasteiger partial charge is 0.385 e. The summed E-state index contributed by atoms with van der Waals surface area (Å²) >= 11 is 6.06. The number of benzene rings is 1. The second kappa shape index (κ2) is 8.78.